The van der Waals surface area contributed by atoms with Crippen LogP contribution in [0.15, 0.2) is 12.1 Å². The Morgan fingerprint density at radius 1 is 1.21 bits per heavy atom. The molecule has 5 nitrogen and oxygen atoms in total. The molecule has 2 aromatic rings. The van der Waals surface area contributed by atoms with Gasteiger partial charge in [0.25, 0.3) is 0 Å². The number of nitrogens with one attached hydrogen (secondary N) is 1. The van der Waals surface area contributed by atoms with Crippen molar-refractivity contribution in [2.24, 2.45) is 7.05 Å². The van der Waals surface area contributed by atoms with Crippen molar-refractivity contribution in [3.63, 3.8) is 0 Å². The zero-order valence-electron chi connectivity index (χ0n) is 12.0. The maximum Gasteiger partial charge on any atom is 0.148 e. The molecule has 0 saturated heterocycles. The average molecular weight is 284 g/mol. The highest BCUT2D eigenvalue weighted by Gasteiger charge is 2.06. The first-order valence-electron chi connectivity index (χ1n) is 6.38. The molecule has 0 aliphatic carbocycles. The van der Waals surface area contributed by atoms with E-state index >= 15 is 0 Å². The highest BCUT2D eigenvalue weighted by Crippen LogP contribution is 2.10. The lowest BCUT2D eigenvalue weighted by molar-refractivity contribution is 0.574. The maximum absolute atomic E-state index is 4.49. The number of halogens is 1. The van der Waals surface area contributed by atoms with E-state index in [9.17, 15) is 0 Å². The Kier molecular flexibility index (Phi) is 5.42. The van der Waals surface area contributed by atoms with Crippen LogP contribution in [0.4, 0.5) is 5.82 Å². The first-order valence-corrected chi connectivity index (χ1v) is 6.38. The fourth-order valence-electron chi connectivity index (χ4n) is 1.97. The van der Waals surface area contributed by atoms with Crippen molar-refractivity contribution in [3.8, 4) is 0 Å². The Morgan fingerprint density at radius 3 is 2.53 bits per heavy atom. The predicted molar refractivity (Wildman–Crippen MR) is 79.8 cm³/mol. The van der Waals surface area contributed by atoms with Crippen molar-refractivity contribution >= 4 is 18.2 Å². The molecule has 0 fully saturated rings. The molecule has 1 N–H and O–H groups in total. The fourth-order valence-corrected chi connectivity index (χ4v) is 1.97. The van der Waals surface area contributed by atoms with Gasteiger partial charge in [-0.1, -0.05) is 6.92 Å². The van der Waals surface area contributed by atoms with Gasteiger partial charge in [0.2, 0.25) is 0 Å². The summed E-state index contributed by atoms with van der Waals surface area (Å²) in [6.07, 6.45) is 1.09. The number of rotatable bonds is 5. The second-order valence-corrected chi connectivity index (χ2v) is 4.65. The van der Waals surface area contributed by atoms with E-state index in [4.69, 9.17) is 0 Å². The number of hydrogen-bond acceptors (Lipinski definition) is 3. The SMILES string of the molecule is CCCn1nc(C)cc1CNc1cc(C)n(C)n1.Cl. The third-order valence-corrected chi connectivity index (χ3v) is 2.99. The first kappa shape index (κ1) is 15.6. The van der Waals surface area contributed by atoms with Gasteiger partial charge in [-0.2, -0.15) is 10.2 Å². The van der Waals surface area contributed by atoms with E-state index in [1.54, 1.807) is 0 Å². The molecule has 0 aliphatic rings. The third kappa shape index (κ3) is 3.73. The Balaban J connectivity index is 0.00000180. The van der Waals surface area contributed by atoms with Crippen LogP contribution in [0.25, 0.3) is 0 Å². The van der Waals surface area contributed by atoms with Gasteiger partial charge in [-0.3, -0.25) is 9.36 Å². The van der Waals surface area contributed by atoms with Gasteiger partial charge in [-0.25, -0.2) is 0 Å². The van der Waals surface area contributed by atoms with Gasteiger partial charge < -0.3 is 5.32 Å². The van der Waals surface area contributed by atoms with Gasteiger partial charge in [-0.15, -0.1) is 12.4 Å². The van der Waals surface area contributed by atoms with E-state index in [0.29, 0.717) is 0 Å². The van der Waals surface area contributed by atoms with Crippen LogP contribution in [-0.2, 0) is 20.1 Å². The number of anilines is 1. The highest BCUT2D eigenvalue weighted by atomic mass is 35.5. The van der Waals surface area contributed by atoms with Crippen LogP contribution in [0.5, 0.6) is 0 Å². The molecular weight excluding hydrogens is 262 g/mol. The third-order valence-electron chi connectivity index (χ3n) is 2.99. The Labute approximate surface area is 120 Å². The summed E-state index contributed by atoms with van der Waals surface area (Å²) in [6, 6.07) is 4.17. The molecule has 0 spiro atoms. The summed E-state index contributed by atoms with van der Waals surface area (Å²) in [6.45, 7) is 7.96. The molecule has 2 rings (SSSR count). The normalized spacial score (nSPS) is 10.3. The second-order valence-electron chi connectivity index (χ2n) is 4.65. The van der Waals surface area contributed by atoms with Gasteiger partial charge in [-0.05, 0) is 26.3 Å². The molecule has 0 unspecified atom stereocenters. The van der Waals surface area contributed by atoms with Gasteiger partial charge in [0.1, 0.15) is 5.82 Å². The van der Waals surface area contributed by atoms with E-state index in [-0.39, 0.29) is 12.4 Å². The lowest BCUT2D eigenvalue weighted by atomic mass is 10.3. The van der Waals surface area contributed by atoms with E-state index in [0.717, 1.165) is 36.7 Å². The summed E-state index contributed by atoms with van der Waals surface area (Å²) in [5, 5.41) is 12.2. The summed E-state index contributed by atoms with van der Waals surface area (Å²) < 4.78 is 3.94. The fraction of sp³-hybridized carbons (Fsp3) is 0.538. The predicted octanol–water partition coefficient (Wildman–Crippen LogP) is 2.68. The van der Waals surface area contributed by atoms with E-state index in [1.165, 1.54) is 5.69 Å². The van der Waals surface area contributed by atoms with Gasteiger partial charge in [0.05, 0.1) is 17.9 Å². The summed E-state index contributed by atoms with van der Waals surface area (Å²) in [5.41, 5.74) is 3.42. The Morgan fingerprint density at radius 2 is 1.95 bits per heavy atom. The van der Waals surface area contributed by atoms with Crippen molar-refractivity contribution in [1.82, 2.24) is 19.6 Å². The maximum atomic E-state index is 4.49. The van der Waals surface area contributed by atoms with Crippen LogP contribution >= 0.6 is 12.4 Å². The molecule has 2 aromatic heterocycles. The van der Waals surface area contributed by atoms with Crippen molar-refractivity contribution in [2.75, 3.05) is 5.32 Å². The van der Waals surface area contributed by atoms with E-state index < -0.39 is 0 Å². The van der Waals surface area contributed by atoms with Crippen LogP contribution in [0.2, 0.25) is 0 Å². The van der Waals surface area contributed by atoms with Crippen LogP contribution in [0.3, 0.4) is 0 Å². The van der Waals surface area contributed by atoms with E-state index in [2.05, 4.69) is 33.2 Å². The highest BCUT2D eigenvalue weighted by molar-refractivity contribution is 5.85. The smallest absolute Gasteiger partial charge is 0.148 e. The van der Waals surface area contributed by atoms with Crippen LogP contribution in [0.1, 0.15) is 30.4 Å². The first-order chi connectivity index (χ1) is 8.60. The number of aromatic nitrogens is 4. The molecule has 0 atom stereocenters. The average Bonchev–Trinajstić information content (AvgIpc) is 2.81. The minimum atomic E-state index is 0. The number of aryl methyl sites for hydroxylation is 4. The second kappa shape index (κ2) is 6.61. The van der Waals surface area contributed by atoms with Crippen LogP contribution < -0.4 is 5.32 Å². The lowest BCUT2D eigenvalue weighted by Crippen LogP contribution is -2.09. The monoisotopic (exact) mass is 283 g/mol. The standard InChI is InChI=1S/C13H21N5.ClH/c1-5-6-18-12(7-10(2)15-18)9-14-13-8-11(3)17(4)16-13;/h7-8H,5-6,9H2,1-4H3,(H,14,16);1H. The molecule has 0 radical (unpaired) electrons. The summed E-state index contributed by atoms with van der Waals surface area (Å²) in [5.74, 6) is 0.914. The van der Waals surface area contributed by atoms with Gasteiger partial charge in [0.15, 0.2) is 0 Å². The molecule has 0 saturated carbocycles. The zero-order chi connectivity index (χ0) is 13.1. The molecule has 19 heavy (non-hydrogen) atoms. The lowest BCUT2D eigenvalue weighted by Gasteiger charge is -2.06. The van der Waals surface area contributed by atoms with Gasteiger partial charge >= 0.3 is 0 Å². The number of hydrogen-bond donors (Lipinski definition) is 1. The molecule has 0 aromatic carbocycles. The summed E-state index contributed by atoms with van der Waals surface area (Å²) in [7, 11) is 1.95. The van der Waals surface area contributed by atoms with Crippen molar-refractivity contribution < 1.29 is 0 Å². The van der Waals surface area contributed by atoms with Crippen molar-refractivity contribution in [1.29, 1.82) is 0 Å². The van der Waals surface area contributed by atoms with E-state index in [1.807, 2.05) is 31.6 Å². The minimum Gasteiger partial charge on any atom is -0.363 e. The van der Waals surface area contributed by atoms with Crippen LogP contribution in [-0.4, -0.2) is 19.6 Å². The topological polar surface area (TPSA) is 47.7 Å². The molecule has 0 amide bonds. The molecule has 106 valence electrons. The van der Waals surface area contributed by atoms with Crippen molar-refractivity contribution in [3.05, 3.63) is 29.2 Å². The zero-order valence-corrected chi connectivity index (χ0v) is 12.8. The molecule has 2 heterocycles. The Bertz CT molecular complexity index is 510. The number of nitrogens with zero attached hydrogens (tertiary/aromatic N) is 4. The largest absolute Gasteiger partial charge is 0.363 e. The molecule has 0 aliphatic heterocycles. The molecular formula is C13H22ClN5. The molecule has 0 bridgehead atoms. The van der Waals surface area contributed by atoms with Gasteiger partial charge in [0, 0.05) is 25.4 Å². The van der Waals surface area contributed by atoms with Crippen LogP contribution in [0, 0.1) is 13.8 Å². The minimum absolute atomic E-state index is 0. The molecule has 6 heteroatoms. The van der Waals surface area contributed by atoms with Crippen molar-refractivity contribution in [2.45, 2.75) is 40.3 Å². The quantitative estimate of drug-likeness (QED) is 0.918. The Hall–Kier alpha value is -1.49. The summed E-state index contributed by atoms with van der Waals surface area (Å²) in [4.78, 5) is 0. The summed E-state index contributed by atoms with van der Waals surface area (Å²) >= 11 is 0.